The highest BCUT2D eigenvalue weighted by Crippen LogP contribution is 2.47. The summed E-state index contributed by atoms with van der Waals surface area (Å²) in [6.45, 7) is 2.63. The molecule has 0 aromatic heterocycles. The molecular weight excluding hydrogens is 352 g/mol. The van der Waals surface area contributed by atoms with E-state index in [4.69, 9.17) is 21.1 Å². The second-order valence-electron chi connectivity index (χ2n) is 5.20. The van der Waals surface area contributed by atoms with Gasteiger partial charge in [-0.05, 0) is 30.7 Å². The van der Waals surface area contributed by atoms with Crippen LogP contribution in [-0.4, -0.2) is 13.7 Å². The third kappa shape index (κ3) is 2.65. The van der Waals surface area contributed by atoms with Crippen LogP contribution in [0.4, 0.5) is 0 Å². The smallest absolute Gasteiger partial charge is 0.123 e. The average Bonchev–Trinajstić information content (AvgIpc) is 2.92. The minimum absolute atomic E-state index is 0.131. The molecule has 0 radical (unpaired) electrons. The molecule has 0 saturated heterocycles. The van der Waals surface area contributed by atoms with Gasteiger partial charge in [0.25, 0.3) is 0 Å². The minimum atomic E-state index is -0.194. The van der Waals surface area contributed by atoms with Crippen LogP contribution in [-0.2, 0) is 0 Å². The van der Waals surface area contributed by atoms with Crippen LogP contribution in [0.15, 0.2) is 40.9 Å². The van der Waals surface area contributed by atoms with Crippen LogP contribution in [0.3, 0.4) is 0 Å². The second-order valence-corrected chi connectivity index (χ2v) is 6.52. The molecule has 4 heteroatoms. The molecule has 2 aromatic rings. The Balaban J connectivity index is 2.00. The average molecular weight is 368 g/mol. The van der Waals surface area contributed by atoms with E-state index in [0.29, 0.717) is 6.61 Å². The maximum Gasteiger partial charge on any atom is 0.123 e. The van der Waals surface area contributed by atoms with Gasteiger partial charge in [0, 0.05) is 21.5 Å². The lowest BCUT2D eigenvalue weighted by atomic mass is 9.92. The van der Waals surface area contributed by atoms with E-state index < -0.39 is 0 Å². The van der Waals surface area contributed by atoms with E-state index in [1.165, 1.54) is 0 Å². The summed E-state index contributed by atoms with van der Waals surface area (Å²) in [5, 5.41) is -0.194. The molecule has 0 spiro atoms. The molecule has 110 valence electrons. The molecule has 1 aliphatic rings. The third-order valence-corrected chi connectivity index (χ3v) is 5.29. The molecule has 2 nitrogen and oxygen atoms in total. The Morgan fingerprint density at radius 3 is 2.86 bits per heavy atom. The zero-order valence-electron chi connectivity index (χ0n) is 11.9. The number of methoxy groups -OCH3 is 1. The first-order valence-electron chi connectivity index (χ1n) is 6.81. The highest BCUT2D eigenvalue weighted by Gasteiger charge is 2.32. The monoisotopic (exact) mass is 366 g/mol. The maximum absolute atomic E-state index is 6.77. The Kier molecular flexibility index (Phi) is 4.14. The van der Waals surface area contributed by atoms with E-state index in [1.54, 1.807) is 7.11 Å². The summed E-state index contributed by atoms with van der Waals surface area (Å²) in [7, 11) is 1.68. The van der Waals surface area contributed by atoms with Crippen molar-refractivity contribution in [2.75, 3.05) is 13.7 Å². The van der Waals surface area contributed by atoms with Crippen LogP contribution in [0.1, 0.15) is 28.0 Å². The van der Waals surface area contributed by atoms with Crippen LogP contribution in [0, 0.1) is 6.92 Å². The molecule has 0 saturated carbocycles. The Bertz CT molecular complexity index is 672. The maximum atomic E-state index is 6.77. The summed E-state index contributed by atoms with van der Waals surface area (Å²) in [6, 6.07) is 12.1. The van der Waals surface area contributed by atoms with Crippen LogP contribution in [0.25, 0.3) is 0 Å². The number of ether oxygens (including phenoxy) is 2. The van der Waals surface area contributed by atoms with Gasteiger partial charge in [-0.1, -0.05) is 34.1 Å². The molecule has 1 aliphatic heterocycles. The number of hydrogen-bond donors (Lipinski definition) is 0. The Morgan fingerprint density at radius 2 is 2.10 bits per heavy atom. The zero-order chi connectivity index (χ0) is 15.0. The molecule has 0 fully saturated rings. The van der Waals surface area contributed by atoms with Gasteiger partial charge in [0.2, 0.25) is 0 Å². The Hall–Kier alpha value is -1.19. The SMILES string of the molecule is COc1cc(C)c(Br)cc1C(Cl)C1COc2ccccc21. The van der Waals surface area contributed by atoms with Gasteiger partial charge in [0.05, 0.1) is 19.1 Å². The van der Waals surface area contributed by atoms with Crippen molar-refractivity contribution in [3.05, 3.63) is 57.6 Å². The normalized spacial score (nSPS) is 18.0. The largest absolute Gasteiger partial charge is 0.496 e. The van der Waals surface area contributed by atoms with E-state index in [2.05, 4.69) is 22.0 Å². The Labute approximate surface area is 138 Å². The van der Waals surface area contributed by atoms with Crippen LogP contribution in [0.5, 0.6) is 11.5 Å². The number of aryl methyl sites for hydroxylation is 1. The highest BCUT2D eigenvalue weighted by atomic mass is 79.9. The molecule has 3 rings (SSSR count). The fourth-order valence-electron chi connectivity index (χ4n) is 2.71. The van der Waals surface area contributed by atoms with Crippen molar-refractivity contribution in [1.29, 1.82) is 0 Å². The zero-order valence-corrected chi connectivity index (χ0v) is 14.2. The summed E-state index contributed by atoms with van der Waals surface area (Å²) >= 11 is 10.3. The molecule has 0 aliphatic carbocycles. The second kappa shape index (κ2) is 5.90. The van der Waals surface area contributed by atoms with Crippen molar-refractivity contribution in [3.8, 4) is 11.5 Å². The molecule has 0 bridgehead atoms. The molecule has 21 heavy (non-hydrogen) atoms. The van der Waals surface area contributed by atoms with Crippen molar-refractivity contribution in [2.45, 2.75) is 18.2 Å². The fourth-order valence-corrected chi connectivity index (χ4v) is 3.45. The van der Waals surface area contributed by atoms with Crippen molar-refractivity contribution < 1.29 is 9.47 Å². The van der Waals surface area contributed by atoms with Gasteiger partial charge in [-0.2, -0.15) is 0 Å². The lowest BCUT2D eigenvalue weighted by Gasteiger charge is -2.20. The minimum Gasteiger partial charge on any atom is -0.496 e. The molecule has 1 heterocycles. The number of fused-ring (bicyclic) bond motifs is 1. The van der Waals surface area contributed by atoms with E-state index in [1.807, 2.05) is 37.3 Å². The van der Waals surface area contributed by atoms with Gasteiger partial charge in [0.15, 0.2) is 0 Å². The summed E-state index contributed by atoms with van der Waals surface area (Å²) in [6.07, 6.45) is 0. The molecule has 0 amide bonds. The van der Waals surface area contributed by atoms with Crippen molar-refractivity contribution in [1.82, 2.24) is 0 Å². The van der Waals surface area contributed by atoms with Gasteiger partial charge in [-0.15, -0.1) is 11.6 Å². The van der Waals surface area contributed by atoms with E-state index >= 15 is 0 Å². The van der Waals surface area contributed by atoms with Gasteiger partial charge in [0.1, 0.15) is 11.5 Å². The van der Waals surface area contributed by atoms with Crippen molar-refractivity contribution in [3.63, 3.8) is 0 Å². The standard InChI is InChI=1S/C17H16BrClO2/c1-10-7-16(20-2)12(8-14(10)18)17(19)13-9-21-15-6-4-3-5-11(13)15/h3-8,13,17H,9H2,1-2H3. The van der Waals surface area contributed by atoms with Crippen LogP contribution < -0.4 is 9.47 Å². The first-order valence-corrected chi connectivity index (χ1v) is 8.04. The number of halogens is 2. The topological polar surface area (TPSA) is 18.5 Å². The highest BCUT2D eigenvalue weighted by molar-refractivity contribution is 9.10. The number of hydrogen-bond acceptors (Lipinski definition) is 2. The Morgan fingerprint density at radius 1 is 1.33 bits per heavy atom. The first kappa shape index (κ1) is 14.7. The lowest BCUT2D eigenvalue weighted by molar-refractivity contribution is 0.326. The summed E-state index contributed by atoms with van der Waals surface area (Å²) in [5.74, 6) is 1.88. The molecule has 2 atom stereocenters. The summed E-state index contributed by atoms with van der Waals surface area (Å²) in [5.41, 5.74) is 3.28. The predicted octanol–water partition coefficient (Wildman–Crippen LogP) is 5.22. The van der Waals surface area contributed by atoms with Gasteiger partial charge in [-0.25, -0.2) is 0 Å². The number of rotatable bonds is 3. The molecular formula is C17H16BrClO2. The molecule has 2 aromatic carbocycles. The van der Waals surface area contributed by atoms with E-state index in [0.717, 1.165) is 32.7 Å². The van der Waals surface area contributed by atoms with E-state index in [9.17, 15) is 0 Å². The van der Waals surface area contributed by atoms with Crippen LogP contribution in [0.2, 0.25) is 0 Å². The first-order chi connectivity index (χ1) is 10.1. The summed E-state index contributed by atoms with van der Waals surface area (Å²) < 4.78 is 12.3. The van der Waals surface area contributed by atoms with Gasteiger partial charge < -0.3 is 9.47 Å². The number of para-hydroxylation sites is 1. The van der Waals surface area contributed by atoms with Crippen LogP contribution >= 0.6 is 27.5 Å². The fraction of sp³-hybridized carbons (Fsp3) is 0.294. The van der Waals surface area contributed by atoms with Crippen molar-refractivity contribution in [2.24, 2.45) is 0 Å². The quantitative estimate of drug-likeness (QED) is 0.692. The third-order valence-electron chi connectivity index (χ3n) is 3.90. The summed E-state index contributed by atoms with van der Waals surface area (Å²) in [4.78, 5) is 0. The van der Waals surface area contributed by atoms with Crippen molar-refractivity contribution >= 4 is 27.5 Å². The molecule has 0 N–H and O–H groups in total. The molecule has 2 unspecified atom stereocenters. The number of benzene rings is 2. The lowest BCUT2D eigenvalue weighted by Crippen LogP contribution is -2.09. The van der Waals surface area contributed by atoms with E-state index in [-0.39, 0.29) is 11.3 Å². The van der Waals surface area contributed by atoms with Gasteiger partial charge >= 0.3 is 0 Å². The number of alkyl halides is 1. The predicted molar refractivity (Wildman–Crippen MR) is 88.7 cm³/mol. The van der Waals surface area contributed by atoms with Gasteiger partial charge in [-0.3, -0.25) is 0 Å².